The molecule has 3 N–H and O–H groups in total. The minimum atomic E-state index is -1.02. The molecule has 1 rings (SSSR count). The lowest BCUT2D eigenvalue weighted by Gasteiger charge is -2.15. The van der Waals surface area contributed by atoms with Crippen molar-refractivity contribution in [2.75, 3.05) is 39.5 Å². The summed E-state index contributed by atoms with van der Waals surface area (Å²) >= 11 is 0. The van der Waals surface area contributed by atoms with Crippen molar-refractivity contribution in [2.24, 2.45) is 0 Å². The van der Waals surface area contributed by atoms with E-state index in [1.807, 2.05) is 0 Å². The molecule has 0 unspecified atom stereocenters. The lowest BCUT2D eigenvalue weighted by molar-refractivity contribution is 0.147. The van der Waals surface area contributed by atoms with Crippen LogP contribution in [0, 0.1) is 34.0 Å². The molecule has 0 fully saturated rings. The fraction of sp³-hybridized carbons (Fsp3) is 0.571. The van der Waals surface area contributed by atoms with Gasteiger partial charge in [0.15, 0.2) is 0 Å². The van der Waals surface area contributed by atoms with Crippen LogP contribution >= 0.6 is 0 Å². The van der Waals surface area contributed by atoms with E-state index in [-0.39, 0.29) is 78.4 Å². The van der Waals surface area contributed by atoms with Crippen LogP contribution in [0.15, 0.2) is 14.4 Å². The average molecular weight is 550 g/mol. The maximum Gasteiger partial charge on any atom is 0.407 e. The van der Waals surface area contributed by atoms with Gasteiger partial charge in [0.1, 0.15) is 19.8 Å². The standard InChI is InChI=1S/C21H27N9O9/c22-4-1-13-37-16(31)25-7-10-28-19(34)29(11-8-26-17(32)38-14-2-5-23)21(36)30(20(28)35)12-9-27-18(33)39-15-3-6-24/h1-3,7-15H2,(H,25,31)(H,26,32)(H,27,33). The van der Waals surface area contributed by atoms with Crippen LogP contribution in [-0.2, 0) is 33.8 Å². The van der Waals surface area contributed by atoms with Crippen LogP contribution in [0.5, 0.6) is 0 Å². The van der Waals surface area contributed by atoms with Gasteiger partial charge in [-0.25, -0.2) is 42.5 Å². The Hall–Kier alpha value is -5.31. The molecule has 18 nitrogen and oxygen atoms in total. The first kappa shape index (κ1) is 31.7. The Labute approximate surface area is 220 Å². The van der Waals surface area contributed by atoms with Crippen LogP contribution in [0.1, 0.15) is 19.3 Å². The third kappa shape index (κ3) is 11.5. The number of hydrogen-bond acceptors (Lipinski definition) is 12. The topological polar surface area (TPSA) is 252 Å². The maximum absolute atomic E-state index is 12.9. The predicted molar refractivity (Wildman–Crippen MR) is 128 cm³/mol. The summed E-state index contributed by atoms with van der Waals surface area (Å²) in [6.45, 7) is -2.29. The fourth-order valence-corrected chi connectivity index (χ4v) is 2.79. The quantitative estimate of drug-likeness (QED) is 0.160. The highest BCUT2D eigenvalue weighted by atomic mass is 16.6. The number of ether oxygens (including phenoxy) is 3. The Kier molecular flexibility index (Phi) is 14.7. The Morgan fingerprint density at radius 3 is 1.05 bits per heavy atom. The molecule has 0 aliphatic rings. The molecule has 0 spiro atoms. The van der Waals surface area contributed by atoms with Gasteiger partial charge < -0.3 is 30.2 Å². The van der Waals surface area contributed by atoms with E-state index in [0.717, 1.165) is 0 Å². The molecule has 0 radical (unpaired) electrons. The maximum atomic E-state index is 12.9. The lowest BCUT2D eigenvalue weighted by atomic mass is 10.5. The van der Waals surface area contributed by atoms with E-state index in [0.29, 0.717) is 13.7 Å². The second-order valence-electron chi connectivity index (χ2n) is 7.22. The zero-order chi connectivity index (χ0) is 29.0. The van der Waals surface area contributed by atoms with E-state index in [1.54, 1.807) is 18.2 Å². The SMILES string of the molecule is N#CCCOC(=O)NCCn1c(=O)n(CCNC(=O)OCCC#N)c(=O)n(CCNC(=O)OCCC#N)c1=O. The van der Waals surface area contributed by atoms with Gasteiger partial charge in [0.25, 0.3) is 0 Å². The molecule has 39 heavy (non-hydrogen) atoms. The smallest absolute Gasteiger partial charge is 0.407 e. The first-order chi connectivity index (χ1) is 18.8. The number of carbonyl (C=O) groups excluding carboxylic acids is 3. The highest BCUT2D eigenvalue weighted by Gasteiger charge is 2.16. The number of nitriles is 3. The van der Waals surface area contributed by atoms with Gasteiger partial charge in [-0.1, -0.05) is 0 Å². The number of nitrogens with one attached hydrogen (secondary N) is 3. The Morgan fingerprint density at radius 1 is 0.564 bits per heavy atom. The molecule has 210 valence electrons. The van der Waals surface area contributed by atoms with E-state index in [9.17, 15) is 28.8 Å². The first-order valence-electron chi connectivity index (χ1n) is 11.5. The fourth-order valence-electron chi connectivity index (χ4n) is 2.79. The molecule has 0 aliphatic heterocycles. The van der Waals surface area contributed by atoms with Crippen molar-refractivity contribution in [1.29, 1.82) is 15.8 Å². The summed E-state index contributed by atoms with van der Waals surface area (Å²) in [6.07, 6.45) is -2.73. The molecule has 0 saturated carbocycles. The van der Waals surface area contributed by atoms with E-state index >= 15 is 0 Å². The van der Waals surface area contributed by atoms with Crippen molar-refractivity contribution in [1.82, 2.24) is 29.7 Å². The molecule has 0 atom stereocenters. The zero-order valence-electron chi connectivity index (χ0n) is 20.8. The van der Waals surface area contributed by atoms with Gasteiger partial charge in [-0.15, -0.1) is 0 Å². The average Bonchev–Trinajstić information content (AvgIpc) is 2.90. The highest BCUT2D eigenvalue weighted by molar-refractivity contribution is 5.67. The Morgan fingerprint density at radius 2 is 0.821 bits per heavy atom. The van der Waals surface area contributed by atoms with Crippen LogP contribution in [-0.4, -0.2) is 71.4 Å². The molecule has 0 aromatic carbocycles. The summed E-state index contributed by atoms with van der Waals surface area (Å²) in [5.41, 5.74) is -3.07. The largest absolute Gasteiger partial charge is 0.448 e. The van der Waals surface area contributed by atoms with Crippen molar-refractivity contribution in [3.63, 3.8) is 0 Å². The number of amides is 3. The molecule has 1 heterocycles. The van der Waals surface area contributed by atoms with E-state index in [4.69, 9.17) is 30.0 Å². The van der Waals surface area contributed by atoms with Gasteiger partial charge in [0, 0.05) is 39.3 Å². The monoisotopic (exact) mass is 549 g/mol. The van der Waals surface area contributed by atoms with Gasteiger partial charge in [-0.2, -0.15) is 15.8 Å². The number of nitrogens with zero attached hydrogens (tertiary/aromatic N) is 6. The molecule has 0 aliphatic carbocycles. The van der Waals surface area contributed by atoms with Gasteiger partial charge in [-0.05, 0) is 0 Å². The molecule has 0 saturated heterocycles. The summed E-state index contributed by atoms with van der Waals surface area (Å²) in [5, 5.41) is 32.3. The number of rotatable bonds is 15. The minimum absolute atomic E-state index is 0.0254. The molecular formula is C21H27N9O9. The Bertz CT molecular complexity index is 1110. The van der Waals surface area contributed by atoms with Gasteiger partial charge in [0.05, 0.1) is 37.5 Å². The minimum Gasteiger partial charge on any atom is -0.448 e. The normalized spacial score (nSPS) is 9.77. The molecular weight excluding hydrogens is 522 g/mol. The zero-order valence-corrected chi connectivity index (χ0v) is 20.8. The molecule has 3 amide bonds. The second-order valence-corrected chi connectivity index (χ2v) is 7.22. The second kappa shape index (κ2) is 18.0. The summed E-state index contributed by atoms with van der Waals surface area (Å²) in [5.74, 6) is 0. The number of aromatic nitrogens is 3. The number of carbonyl (C=O) groups is 3. The van der Waals surface area contributed by atoms with Crippen LogP contribution in [0.4, 0.5) is 14.4 Å². The number of hydrogen-bond donors (Lipinski definition) is 3. The van der Waals surface area contributed by atoms with Crippen molar-refractivity contribution in [3.05, 3.63) is 31.5 Å². The van der Waals surface area contributed by atoms with Crippen LogP contribution in [0.3, 0.4) is 0 Å². The van der Waals surface area contributed by atoms with Crippen LogP contribution < -0.4 is 33.0 Å². The third-order valence-corrected chi connectivity index (χ3v) is 4.54. The Balaban J connectivity index is 3.03. The summed E-state index contributed by atoms with van der Waals surface area (Å²) in [4.78, 5) is 73.7. The van der Waals surface area contributed by atoms with Gasteiger partial charge in [-0.3, -0.25) is 0 Å². The van der Waals surface area contributed by atoms with Gasteiger partial charge >= 0.3 is 35.3 Å². The van der Waals surface area contributed by atoms with Crippen molar-refractivity contribution in [3.8, 4) is 18.2 Å². The predicted octanol–water partition coefficient (Wildman–Crippen LogP) is -1.91. The van der Waals surface area contributed by atoms with E-state index in [1.165, 1.54) is 0 Å². The first-order valence-corrected chi connectivity index (χ1v) is 11.5. The van der Waals surface area contributed by atoms with E-state index < -0.39 is 35.3 Å². The van der Waals surface area contributed by atoms with Crippen LogP contribution in [0.25, 0.3) is 0 Å². The van der Waals surface area contributed by atoms with Crippen molar-refractivity contribution < 1.29 is 28.6 Å². The summed E-state index contributed by atoms with van der Waals surface area (Å²) in [6, 6.07) is 5.37. The summed E-state index contributed by atoms with van der Waals surface area (Å²) < 4.78 is 16.2. The highest BCUT2D eigenvalue weighted by Crippen LogP contribution is 1.86. The molecule has 1 aromatic rings. The third-order valence-electron chi connectivity index (χ3n) is 4.54. The van der Waals surface area contributed by atoms with Crippen molar-refractivity contribution in [2.45, 2.75) is 38.9 Å². The lowest BCUT2D eigenvalue weighted by Crippen LogP contribution is -2.56. The van der Waals surface area contributed by atoms with E-state index in [2.05, 4.69) is 16.0 Å². The van der Waals surface area contributed by atoms with Crippen LogP contribution in [0.2, 0.25) is 0 Å². The van der Waals surface area contributed by atoms with Crippen molar-refractivity contribution >= 4 is 18.3 Å². The van der Waals surface area contributed by atoms with Gasteiger partial charge in [0.2, 0.25) is 0 Å². The summed E-state index contributed by atoms with van der Waals surface area (Å²) in [7, 11) is 0. The molecule has 0 bridgehead atoms. The number of alkyl carbamates (subject to hydrolysis) is 3. The molecule has 1 aromatic heterocycles. The molecule has 18 heteroatoms.